The molecule has 2 heterocycles. The third-order valence-corrected chi connectivity index (χ3v) is 3.89. The summed E-state index contributed by atoms with van der Waals surface area (Å²) >= 11 is 16.0. The molecule has 0 aliphatic rings. The summed E-state index contributed by atoms with van der Waals surface area (Å²) in [6, 6.07) is 9.44. The second-order valence-electron chi connectivity index (χ2n) is 3.65. The van der Waals surface area contributed by atoms with Gasteiger partial charge in [-0.15, -0.1) is 0 Å². The molecule has 0 saturated carbocycles. The number of rotatable bonds is 1. The minimum absolute atomic E-state index is 0.361. The lowest BCUT2D eigenvalue weighted by atomic mass is 10.1. The molecule has 0 bridgehead atoms. The van der Waals surface area contributed by atoms with Gasteiger partial charge in [-0.1, -0.05) is 57.3 Å². The van der Waals surface area contributed by atoms with Gasteiger partial charge in [0, 0.05) is 16.1 Å². The van der Waals surface area contributed by atoms with Crippen LogP contribution in [0.5, 0.6) is 0 Å². The lowest BCUT2D eigenvalue weighted by Gasteiger charge is -2.09. The van der Waals surface area contributed by atoms with Gasteiger partial charge in [-0.3, -0.25) is 0 Å². The topological polar surface area (TPSA) is 30.2 Å². The third kappa shape index (κ3) is 1.81. The molecule has 0 saturated heterocycles. The van der Waals surface area contributed by atoms with Gasteiger partial charge < -0.3 is 0 Å². The predicted octanol–water partition coefficient (Wildman–Crippen LogP) is 4.47. The van der Waals surface area contributed by atoms with Crippen molar-refractivity contribution in [1.82, 2.24) is 14.6 Å². The standard InChI is InChI=1S/C12H6BrCl2N3/c13-8-4-2-1-3-7(8)10-11(14)17-9-5-6-16-18(9)12(10)15/h1-6H. The number of aromatic nitrogens is 3. The Kier molecular flexibility index (Phi) is 3.01. The van der Waals surface area contributed by atoms with Crippen molar-refractivity contribution >= 4 is 44.8 Å². The Labute approximate surface area is 121 Å². The molecule has 1 aromatic carbocycles. The van der Waals surface area contributed by atoms with Gasteiger partial charge in [-0.25, -0.2) is 9.50 Å². The van der Waals surface area contributed by atoms with Crippen molar-refractivity contribution in [3.8, 4) is 11.1 Å². The molecule has 2 aromatic heterocycles. The van der Waals surface area contributed by atoms with Crippen molar-refractivity contribution < 1.29 is 0 Å². The summed E-state index contributed by atoms with van der Waals surface area (Å²) in [5.41, 5.74) is 2.18. The van der Waals surface area contributed by atoms with E-state index in [4.69, 9.17) is 23.2 Å². The highest BCUT2D eigenvalue weighted by Gasteiger charge is 2.16. The van der Waals surface area contributed by atoms with E-state index < -0.39 is 0 Å². The molecule has 0 atom stereocenters. The van der Waals surface area contributed by atoms with Gasteiger partial charge >= 0.3 is 0 Å². The summed E-state index contributed by atoms with van der Waals surface area (Å²) in [6.45, 7) is 0. The fourth-order valence-corrected chi connectivity index (χ4v) is 2.90. The molecule has 3 rings (SSSR count). The van der Waals surface area contributed by atoms with Gasteiger partial charge in [0.05, 0.1) is 11.8 Å². The molecule has 3 aromatic rings. The van der Waals surface area contributed by atoms with Crippen LogP contribution in [-0.2, 0) is 0 Å². The zero-order chi connectivity index (χ0) is 12.7. The molecule has 0 N–H and O–H groups in total. The third-order valence-electron chi connectivity index (χ3n) is 2.58. The molecule has 0 fully saturated rings. The van der Waals surface area contributed by atoms with E-state index in [1.807, 2.05) is 24.3 Å². The predicted molar refractivity (Wildman–Crippen MR) is 76.1 cm³/mol. The van der Waals surface area contributed by atoms with Crippen LogP contribution in [0.2, 0.25) is 10.3 Å². The Bertz CT molecular complexity index is 739. The Morgan fingerprint density at radius 2 is 1.89 bits per heavy atom. The second-order valence-corrected chi connectivity index (χ2v) is 5.22. The fraction of sp³-hybridized carbons (Fsp3) is 0. The molecule has 0 spiro atoms. The highest BCUT2D eigenvalue weighted by molar-refractivity contribution is 9.10. The molecular weight excluding hydrogens is 337 g/mol. The van der Waals surface area contributed by atoms with Gasteiger partial charge in [0.25, 0.3) is 0 Å². The van der Waals surface area contributed by atoms with Crippen molar-refractivity contribution in [2.45, 2.75) is 0 Å². The molecule has 18 heavy (non-hydrogen) atoms. The van der Waals surface area contributed by atoms with Crippen LogP contribution in [-0.4, -0.2) is 14.6 Å². The second kappa shape index (κ2) is 4.53. The van der Waals surface area contributed by atoms with E-state index in [-0.39, 0.29) is 0 Å². The van der Waals surface area contributed by atoms with Crippen LogP contribution >= 0.6 is 39.1 Å². The van der Waals surface area contributed by atoms with Gasteiger partial charge in [0.15, 0.2) is 5.65 Å². The maximum Gasteiger partial charge on any atom is 0.158 e. The molecule has 90 valence electrons. The fourth-order valence-electron chi connectivity index (χ4n) is 1.77. The maximum atomic E-state index is 6.35. The molecule has 0 aliphatic carbocycles. The quantitative estimate of drug-likeness (QED) is 0.611. The van der Waals surface area contributed by atoms with Gasteiger partial charge in [-0.05, 0) is 6.07 Å². The lowest BCUT2D eigenvalue weighted by molar-refractivity contribution is 0.942. The number of halogens is 3. The van der Waals surface area contributed by atoms with Crippen molar-refractivity contribution in [3.05, 3.63) is 51.3 Å². The van der Waals surface area contributed by atoms with E-state index in [1.165, 1.54) is 0 Å². The van der Waals surface area contributed by atoms with Gasteiger partial charge in [-0.2, -0.15) is 5.10 Å². The SMILES string of the molecule is Clc1nc2ccnn2c(Cl)c1-c1ccccc1Br. The number of nitrogens with zero attached hydrogens (tertiary/aromatic N) is 3. The molecule has 0 radical (unpaired) electrons. The van der Waals surface area contributed by atoms with Crippen LogP contribution in [0, 0.1) is 0 Å². The van der Waals surface area contributed by atoms with Crippen LogP contribution in [0.15, 0.2) is 41.0 Å². The average Bonchev–Trinajstić information content (AvgIpc) is 2.79. The number of benzene rings is 1. The van der Waals surface area contributed by atoms with E-state index >= 15 is 0 Å². The van der Waals surface area contributed by atoms with E-state index in [0.29, 0.717) is 21.5 Å². The smallest absolute Gasteiger partial charge is 0.158 e. The normalized spacial score (nSPS) is 11.1. The van der Waals surface area contributed by atoms with Crippen molar-refractivity contribution in [3.63, 3.8) is 0 Å². The first-order valence-corrected chi connectivity index (χ1v) is 6.67. The average molecular weight is 343 g/mol. The molecule has 3 nitrogen and oxygen atoms in total. The van der Waals surface area contributed by atoms with E-state index in [9.17, 15) is 0 Å². The first kappa shape index (κ1) is 12.0. The largest absolute Gasteiger partial charge is 0.216 e. The first-order chi connectivity index (χ1) is 8.68. The molecule has 0 aliphatic heterocycles. The molecular formula is C12H6BrCl2N3. The van der Waals surface area contributed by atoms with Crippen LogP contribution < -0.4 is 0 Å². The Morgan fingerprint density at radius 1 is 1.11 bits per heavy atom. The minimum atomic E-state index is 0.361. The minimum Gasteiger partial charge on any atom is -0.216 e. The summed E-state index contributed by atoms with van der Waals surface area (Å²) in [6.07, 6.45) is 1.63. The van der Waals surface area contributed by atoms with Crippen molar-refractivity contribution in [2.24, 2.45) is 0 Å². The highest BCUT2D eigenvalue weighted by Crippen LogP contribution is 2.37. The van der Waals surface area contributed by atoms with Crippen LogP contribution in [0.4, 0.5) is 0 Å². The molecule has 0 unspecified atom stereocenters. The maximum absolute atomic E-state index is 6.35. The Balaban J connectivity index is 2.39. The summed E-state index contributed by atoms with van der Waals surface area (Å²) in [5.74, 6) is 0. The van der Waals surface area contributed by atoms with Crippen LogP contribution in [0.3, 0.4) is 0 Å². The molecule has 6 heteroatoms. The Morgan fingerprint density at radius 3 is 2.67 bits per heavy atom. The number of fused-ring (bicyclic) bond motifs is 1. The summed E-state index contributed by atoms with van der Waals surface area (Å²) in [5, 5.41) is 4.93. The van der Waals surface area contributed by atoms with Crippen molar-refractivity contribution in [2.75, 3.05) is 0 Å². The summed E-state index contributed by atoms with van der Waals surface area (Å²) < 4.78 is 2.46. The number of hydrogen-bond donors (Lipinski definition) is 0. The number of hydrogen-bond acceptors (Lipinski definition) is 2. The molecule has 0 amide bonds. The van der Waals surface area contributed by atoms with Crippen LogP contribution in [0.25, 0.3) is 16.8 Å². The van der Waals surface area contributed by atoms with E-state index in [2.05, 4.69) is 26.0 Å². The lowest BCUT2D eigenvalue weighted by Crippen LogP contribution is -1.97. The zero-order valence-corrected chi connectivity index (χ0v) is 12.0. The highest BCUT2D eigenvalue weighted by atomic mass is 79.9. The summed E-state index contributed by atoms with van der Waals surface area (Å²) in [7, 11) is 0. The van der Waals surface area contributed by atoms with Gasteiger partial charge in [0.1, 0.15) is 10.3 Å². The Hall–Kier alpha value is -1.10. The first-order valence-electron chi connectivity index (χ1n) is 5.12. The van der Waals surface area contributed by atoms with E-state index in [1.54, 1.807) is 16.8 Å². The monoisotopic (exact) mass is 341 g/mol. The van der Waals surface area contributed by atoms with Crippen molar-refractivity contribution in [1.29, 1.82) is 0 Å². The zero-order valence-electron chi connectivity index (χ0n) is 8.94. The summed E-state index contributed by atoms with van der Waals surface area (Å²) in [4.78, 5) is 4.27. The van der Waals surface area contributed by atoms with Crippen LogP contribution in [0.1, 0.15) is 0 Å². The van der Waals surface area contributed by atoms with E-state index in [0.717, 1.165) is 10.0 Å². The van der Waals surface area contributed by atoms with Gasteiger partial charge in [0.2, 0.25) is 0 Å².